The molecular weight excluding hydrogens is 264 g/mol. The summed E-state index contributed by atoms with van der Waals surface area (Å²) in [4.78, 5) is 5.10. The van der Waals surface area contributed by atoms with E-state index >= 15 is 0 Å². The Hall–Kier alpha value is -1.10. The Balaban J connectivity index is 1.45. The minimum absolute atomic E-state index is 0.244. The molecule has 2 fully saturated rings. The third-order valence-corrected chi connectivity index (χ3v) is 5.35. The highest BCUT2D eigenvalue weighted by atomic mass is 16.5. The number of aliphatic hydroxyl groups is 1. The summed E-state index contributed by atoms with van der Waals surface area (Å²) in [6.07, 6.45) is 3.36. The Morgan fingerprint density at radius 3 is 2.48 bits per heavy atom. The predicted molar refractivity (Wildman–Crippen MR) is 81.6 cm³/mol. The molecule has 1 N–H and O–H groups in total. The lowest BCUT2D eigenvalue weighted by Gasteiger charge is -2.39. The van der Waals surface area contributed by atoms with Crippen molar-refractivity contribution in [1.29, 1.82) is 0 Å². The second-order valence-electron chi connectivity index (χ2n) is 6.58. The number of piperazine rings is 1. The number of hydrogen-bond donors (Lipinski definition) is 1. The van der Waals surface area contributed by atoms with Gasteiger partial charge in [-0.3, -0.25) is 9.80 Å². The number of fused-ring (bicyclic) bond motifs is 1. The average Bonchev–Trinajstić information content (AvgIpc) is 3.32. The van der Waals surface area contributed by atoms with E-state index in [0.717, 1.165) is 50.0 Å². The van der Waals surface area contributed by atoms with Crippen LogP contribution in [0.15, 0.2) is 18.2 Å². The van der Waals surface area contributed by atoms with Gasteiger partial charge in [-0.1, -0.05) is 6.07 Å². The third-order valence-electron chi connectivity index (χ3n) is 5.35. The summed E-state index contributed by atoms with van der Waals surface area (Å²) in [6, 6.07) is 7.22. The zero-order valence-corrected chi connectivity index (χ0v) is 12.7. The van der Waals surface area contributed by atoms with Gasteiger partial charge in [0.15, 0.2) is 0 Å². The number of hydrogen-bond acceptors (Lipinski definition) is 4. The molecule has 2 aliphatic carbocycles. The first-order chi connectivity index (χ1) is 10.3. The Morgan fingerprint density at radius 1 is 1.10 bits per heavy atom. The van der Waals surface area contributed by atoms with Gasteiger partial charge in [0.2, 0.25) is 0 Å². The third kappa shape index (κ3) is 2.45. The largest absolute Gasteiger partial charge is 0.497 e. The molecule has 114 valence electrons. The van der Waals surface area contributed by atoms with Crippen molar-refractivity contribution in [2.75, 3.05) is 33.3 Å². The highest BCUT2D eigenvalue weighted by Crippen LogP contribution is 2.37. The molecule has 1 saturated carbocycles. The number of aliphatic hydroxyl groups excluding tert-OH is 1. The molecule has 0 spiro atoms. The summed E-state index contributed by atoms with van der Waals surface area (Å²) in [5, 5.41) is 10.7. The van der Waals surface area contributed by atoms with Gasteiger partial charge in [-0.05, 0) is 42.5 Å². The number of ether oxygens (including phenoxy) is 1. The molecule has 0 aromatic heterocycles. The van der Waals surface area contributed by atoms with E-state index in [1.54, 1.807) is 7.11 Å². The fourth-order valence-corrected chi connectivity index (χ4v) is 3.91. The van der Waals surface area contributed by atoms with Crippen molar-refractivity contribution in [3.05, 3.63) is 29.3 Å². The molecule has 4 heteroatoms. The maximum absolute atomic E-state index is 10.7. The molecule has 0 bridgehead atoms. The van der Waals surface area contributed by atoms with E-state index in [2.05, 4.69) is 15.9 Å². The monoisotopic (exact) mass is 288 g/mol. The van der Waals surface area contributed by atoms with Crippen LogP contribution in [0, 0.1) is 0 Å². The minimum Gasteiger partial charge on any atom is -0.497 e. The van der Waals surface area contributed by atoms with Crippen molar-refractivity contribution in [1.82, 2.24) is 9.80 Å². The molecule has 1 saturated heterocycles. The summed E-state index contributed by atoms with van der Waals surface area (Å²) in [6.45, 7) is 4.49. The van der Waals surface area contributed by atoms with Crippen LogP contribution in [0.2, 0.25) is 0 Å². The van der Waals surface area contributed by atoms with Crippen LogP contribution < -0.4 is 4.74 Å². The Labute approximate surface area is 126 Å². The van der Waals surface area contributed by atoms with Gasteiger partial charge in [-0.25, -0.2) is 0 Å². The van der Waals surface area contributed by atoms with E-state index in [-0.39, 0.29) is 12.1 Å². The fourth-order valence-electron chi connectivity index (χ4n) is 3.91. The highest BCUT2D eigenvalue weighted by Gasteiger charge is 2.38. The van der Waals surface area contributed by atoms with Crippen LogP contribution in [-0.2, 0) is 6.42 Å². The summed E-state index contributed by atoms with van der Waals surface area (Å²) >= 11 is 0. The van der Waals surface area contributed by atoms with E-state index in [1.807, 2.05) is 12.1 Å². The van der Waals surface area contributed by atoms with Crippen molar-refractivity contribution in [2.45, 2.75) is 37.5 Å². The SMILES string of the molecule is COc1ccc2c(c1)C(O)C(N1CCN(C3CC3)CC1)C2. The Bertz CT molecular complexity index is 522. The average molecular weight is 288 g/mol. The molecule has 2 unspecified atom stereocenters. The van der Waals surface area contributed by atoms with E-state index in [4.69, 9.17) is 4.74 Å². The normalized spacial score (nSPS) is 30.4. The first-order valence-corrected chi connectivity index (χ1v) is 8.09. The molecular formula is C17H24N2O2. The predicted octanol–water partition coefficient (Wildman–Crippen LogP) is 1.43. The van der Waals surface area contributed by atoms with Crippen LogP contribution in [0.3, 0.4) is 0 Å². The number of methoxy groups -OCH3 is 1. The van der Waals surface area contributed by atoms with Gasteiger partial charge in [0.1, 0.15) is 5.75 Å². The quantitative estimate of drug-likeness (QED) is 0.913. The first-order valence-electron chi connectivity index (χ1n) is 8.09. The Kier molecular flexibility index (Phi) is 3.40. The first kappa shape index (κ1) is 13.6. The van der Waals surface area contributed by atoms with E-state index in [1.165, 1.54) is 18.4 Å². The van der Waals surface area contributed by atoms with E-state index in [0.29, 0.717) is 0 Å². The van der Waals surface area contributed by atoms with Crippen LogP contribution in [0.1, 0.15) is 30.1 Å². The van der Waals surface area contributed by atoms with Crippen molar-refractivity contribution in [3.8, 4) is 5.75 Å². The molecule has 2 atom stereocenters. The zero-order chi connectivity index (χ0) is 14.4. The summed E-state index contributed by atoms with van der Waals surface area (Å²) < 4.78 is 5.28. The summed E-state index contributed by atoms with van der Waals surface area (Å²) in [7, 11) is 1.68. The lowest BCUT2D eigenvalue weighted by atomic mass is 10.1. The number of rotatable bonds is 3. The van der Waals surface area contributed by atoms with Crippen molar-refractivity contribution in [3.63, 3.8) is 0 Å². The maximum Gasteiger partial charge on any atom is 0.119 e. The van der Waals surface area contributed by atoms with Crippen LogP contribution in [0.25, 0.3) is 0 Å². The molecule has 3 aliphatic rings. The molecule has 4 nitrogen and oxygen atoms in total. The van der Waals surface area contributed by atoms with Gasteiger partial charge < -0.3 is 9.84 Å². The molecule has 21 heavy (non-hydrogen) atoms. The van der Waals surface area contributed by atoms with Gasteiger partial charge in [-0.2, -0.15) is 0 Å². The number of benzene rings is 1. The van der Waals surface area contributed by atoms with Gasteiger partial charge in [-0.15, -0.1) is 0 Å². The van der Waals surface area contributed by atoms with Gasteiger partial charge >= 0.3 is 0 Å². The Morgan fingerprint density at radius 2 is 1.81 bits per heavy atom. The van der Waals surface area contributed by atoms with Crippen molar-refractivity contribution < 1.29 is 9.84 Å². The highest BCUT2D eigenvalue weighted by molar-refractivity contribution is 5.41. The fraction of sp³-hybridized carbons (Fsp3) is 0.647. The standard InChI is InChI=1S/C17H24N2O2/c1-21-14-5-2-12-10-16(17(20)15(12)11-14)19-8-6-18(7-9-19)13-3-4-13/h2,5,11,13,16-17,20H,3-4,6-10H2,1H3. The van der Waals surface area contributed by atoms with Gasteiger partial charge in [0, 0.05) is 38.3 Å². The summed E-state index contributed by atoms with van der Waals surface area (Å²) in [5.74, 6) is 0.840. The summed E-state index contributed by atoms with van der Waals surface area (Å²) in [5.41, 5.74) is 2.34. The minimum atomic E-state index is -0.373. The topological polar surface area (TPSA) is 35.9 Å². The van der Waals surface area contributed by atoms with E-state index in [9.17, 15) is 5.11 Å². The van der Waals surface area contributed by atoms with E-state index < -0.39 is 0 Å². The van der Waals surface area contributed by atoms with Crippen LogP contribution >= 0.6 is 0 Å². The zero-order valence-electron chi connectivity index (χ0n) is 12.7. The molecule has 4 rings (SSSR count). The second kappa shape index (κ2) is 5.27. The number of nitrogens with zero attached hydrogens (tertiary/aromatic N) is 2. The maximum atomic E-state index is 10.7. The molecule has 0 amide bonds. The van der Waals surface area contributed by atoms with Crippen molar-refractivity contribution in [2.24, 2.45) is 0 Å². The second-order valence-corrected chi connectivity index (χ2v) is 6.58. The molecule has 1 aromatic rings. The van der Waals surface area contributed by atoms with Crippen molar-refractivity contribution >= 4 is 0 Å². The van der Waals surface area contributed by atoms with Gasteiger partial charge in [0.05, 0.1) is 13.2 Å². The molecule has 0 radical (unpaired) electrons. The van der Waals surface area contributed by atoms with Crippen LogP contribution in [-0.4, -0.2) is 60.3 Å². The van der Waals surface area contributed by atoms with Crippen LogP contribution in [0.5, 0.6) is 5.75 Å². The lowest BCUT2D eigenvalue weighted by Crippen LogP contribution is -2.52. The lowest BCUT2D eigenvalue weighted by molar-refractivity contribution is 0.0257. The van der Waals surface area contributed by atoms with Crippen LogP contribution in [0.4, 0.5) is 0 Å². The molecule has 1 aromatic carbocycles. The molecule has 1 heterocycles. The smallest absolute Gasteiger partial charge is 0.119 e. The van der Waals surface area contributed by atoms with Gasteiger partial charge in [0.25, 0.3) is 0 Å². The molecule has 1 aliphatic heterocycles.